The molecule has 0 saturated carbocycles. The van der Waals surface area contributed by atoms with Crippen LogP contribution in [0.5, 0.6) is 0 Å². The second kappa shape index (κ2) is 5.64. The minimum atomic E-state index is -0.462. The van der Waals surface area contributed by atoms with E-state index in [-0.39, 0.29) is 10.0 Å². The molecule has 1 fully saturated rings. The maximum Gasteiger partial charge on any atom is 0.269 e. The third kappa shape index (κ3) is 3.09. The van der Waals surface area contributed by atoms with Gasteiger partial charge in [0.2, 0.25) is 0 Å². The van der Waals surface area contributed by atoms with Crippen molar-refractivity contribution in [1.82, 2.24) is 0 Å². The summed E-state index contributed by atoms with van der Waals surface area (Å²) in [7, 11) is 0. The van der Waals surface area contributed by atoms with Crippen LogP contribution in [0, 0.1) is 10.1 Å². The molecule has 0 N–H and O–H groups in total. The Morgan fingerprint density at radius 1 is 1.33 bits per heavy atom. The highest BCUT2D eigenvalue weighted by atomic mass is 79.9. The van der Waals surface area contributed by atoms with E-state index in [0.29, 0.717) is 13.2 Å². The summed E-state index contributed by atoms with van der Waals surface area (Å²) in [5.74, 6) is 0. The molecule has 0 bridgehead atoms. The number of nitro benzene ring substituents is 1. The molecule has 0 atom stereocenters. The Hall–Kier alpha value is -0.500. The lowest BCUT2D eigenvalue weighted by Gasteiger charge is -2.34. The first-order valence-corrected chi connectivity index (χ1v) is 7.18. The van der Waals surface area contributed by atoms with Gasteiger partial charge >= 0.3 is 0 Å². The van der Waals surface area contributed by atoms with Crippen LogP contribution in [0.3, 0.4) is 0 Å². The molecular weight excluding hydrogens is 370 g/mol. The van der Waals surface area contributed by atoms with Crippen LogP contribution >= 0.6 is 31.9 Å². The van der Waals surface area contributed by atoms with Crippen molar-refractivity contribution in [3.8, 4) is 0 Å². The molecule has 1 heterocycles. The molecule has 1 aromatic rings. The van der Waals surface area contributed by atoms with Gasteiger partial charge in [-0.1, -0.05) is 31.9 Å². The first kappa shape index (κ1) is 13.9. The lowest BCUT2D eigenvalue weighted by atomic mass is 10.1. The lowest BCUT2D eigenvalue weighted by molar-refractivity contribution is -0.384. The Labute approximate surface area is 121 Å². The van der Waals surface area contributed by atoms with Crippen LogP contribution in [0.15, 0.2) is 24.3 Å². The highest BCUT2D eigenvalue weighted by molar-refractivity contribution is 9.12. The van der Waals surface area contributed by atoms with Crippen molar-refractivity contribution in [3.05, 3.63) is 39.9 Å². The molecular formula is C11H11Br2NO4. The van der Waals surface area contributed by atoms with Crippen molar-refractivity contribution >= 4 is 37.5 Å². The molecule has 0 radical (unpaired) electrons. The Kier molecular flexibility index (Phi) is 4.37. The Bertz CT molecular complexity index is 429. The highest BCUT2D eigenvalue weighted by Gasteiger charge is 2.34. The third-order valence-corrected chi connectivity index (χ3v) is 5.17. The summed E-state index contributed by atoms with van der Waals surface area (Å²) in [4.78, 5) is 10.1. The molecule has 7 heteroatoms. The van der Waals surface area contributed by atoms with Crippen LogP contribution in [0.4, 0.5) is 5.69 Å². The van der Waals surface area contributed by atoms with Crippen LogP contribution in [0.1, 0.15) is 11.9 Å². The molecule has 1 saturated heterocycles. The summed E-state index contributed by atoms with van der Waals surface area (Å²) in [5.41, 5.74) is 0.842. The van der Waals surface area contributed by atoms with Gasteiger partial charge in [-0.15, -0.1) is 0 Å². The van der Waals surface area contributed by atoms with Crippen molar-refractivity contribution in [2.24, 2.45) is 0 Å². The number of nitrogens with zero attached hydrogens (tertiary/aromatic N) is 1. The predicted octanol–water partition coefficient (Wildman–Crippen LogP) is 3.17. The number of hydrogen-bond acceptors (Lipinski definition) is 4. The highest BCUT2D eigenvalue weighted by Crippen LogP contribution is 2.33. The Morgan fingerprint density at radius 3 is 2.33 bits per heavy atom. The van der Waals surface area contributed by atoms with Crippen LogP contribution in [0.2, 0.25) is 0 Å². The lowest BCUT2D eigenvalue weighted by Crippen LogP contribution is -2.41. The van der Waals surface area contributed by atoms with E-state index in [0.717, 1.165) is 10.9 Å². The number of halogens is 2. The smallest absolute Gasteiger partial charge is 0.269 e. The molecule has 0 spiro atoms. The summed E-state index contributed by atoms with van der Waals surface area (Å²) in [6.45, 7) is 1.03. The SMILES string of the molecule is O=[N+]([O-])c1ccc(C2OCC(Br)(CBr)CO2)cc1. The van der Waals surface area contributed by atoms with Crippen LogP contribution in [-0.4, -0.2) is 27.8 Å². The monoisotopic (exact) mass is 379 g/mol. The molecule has 0 aliphatic carbocycles. The van der Waals surface area contributed by atoms with Crippen molar-refractivity contribution in [2.75, 3.05) is 18.5 Å². The first-order chi connectivity index (χ1) is 8.54. The van der Waals surface area contributed by atoms with Gasteiger partial charge in [0.05, 0.1) is 22.5 Å². The van der Waals surface area contributed by atoms with Gasteiger partial charge in [-0.2, -0.15) is 0 Å². The summed E-state index contributed by atoms with van der Waals surface area (Å²) in [5, 5.41) is 11.3. The number of rotatable bonds is 3. The van der Waals surface area contributed by atoms with E-state index >= 15 is 0 Å². The summed E-state index contributed by atoms with van der Waals surface area (Å²) in [6.07, 6.45) is -0.462. The summed E-state index contributed by atoms with van der Waals surface area (Å²) in [6, 6.07) is 6.20. The number of ether oxygens (including phenoxy) is 2. The molecule has 2 rings (SSSR count). The number of alkyl halides is 2. The van der Waals surface area contributed by atoms with E-state index in [2.05, 4.69) is 31.9 Å². The van der Waals surface area contributed by atoms with E-state index in [9.17, 15) is 10.1 Å². The quantitative estimate of drug-likeness (QED) is 0.459. The maximum atomic E-state index is 10.5. The predicted molar refractivity (Wildman–Crippen MR) is 73.2 cm³/mol. The number of nitro groups is 1. The number of non-ortho nitro benzene ring substituents is 1. The minimum absolute atomic E-state index is 0.0601. The van der Waals surface area contributed by atoms with Crippen molar-refractivity contribution < 1.29 is 14.4 Å². The third-order valence-electron chi connectivity index (χ3n) is 2.60. The fraction of sp³-hybridized carbons (Fsp3) is 0.455. The molecule has 0 unspecified atom stereocenters. The van der Waals surface area contributed by atoms with E-state index in [1.165, 1.54) is 12.1 Å². The molecule has 0 aromatic heterocycles. The standard InChI is InChI=1S/C11H11Br2NO4/c12-5-11(13)6-17-10(18-7-11)8-1-3-9(4-2-8)14(15)16/h1-4,10H,5-7H2. The summed E-state index contributed by atoms with van der Waals surface area (Å²) < 4.78 is 11.0. The van der Waals surface area contributed by atoms with Gasteiger partial charge in [0.25, 0.3) is 5.69 Å². The Morgan fingerprint density at radius 2 is 1.89 bits per heavy atom. The minimum Gasteiger partial charge on any atom is -0.347 e. The van der Waals surface area contributed by atoms with Crippen LogP contribution in [-0.2, 0) is 9.47 Å². The Balaban J connectivity index is 2.03. The normalized spacial score (nSPS) is 28.0. The molecule has 5 nitrogen and oxygen atoms in total. The topological polar surface area (TPSA) is 61.6 Å². The van der Waals surface area contributed by atoms with Gasteiger partial charge in [-0.05, 0) is 12.1 Å². The zero-order valence-electron chi connectivity index (χ0n) is 9.34. The molecule has 1 aliphatic rings. The van der Waals surface area contributed by atoms with Crippen LogP contribution in [0.25, 0.3) is 0 Å². The first-order valence-electron chi connectivity index (χ1n) is 5.26. The van der Waals surface area contributed by atoms with E-state index in [4.69, 9.17) is 9.47 Å². The molecule has 98 valence electrons. The van der Waals surface area contributed by atoms with E-state index < -0.39 is 11.2 Å². The maximum absolute atomic E-state index is 10.5. The molecule has 1 aliphatic heterocycles. The van der Waals surface area contributed by atoms with Gasteiger partial charge in [-0.3, -0.25) is 10.1 Å². The van der Waals surface area contributed by atoms with Gasteiger partial charge < -0.3 is 9.47 Å². The number of benzene rings is 1. The number of hydrogen-bond donors (Lipinski definition) is 0. The van der Waals surface area contributed by atoms with Crippen LogP contribution < -0.4 is 0 Å². The second-order valence-electron chi connectivity index (χ2n) is 4.09. The zero-order chi connectivity index (χ0) is 13.2. The van der Waals surface area contributed by atoms with E-state index in [1.54, 1.807) is 12.1 Å². The summed E-state index contributed by atoms with van der Waals surface area (Å²) >= 11 is 6.93. The fourth-order valence-electron chi connectivity index (χ4n) is 1.56. The molecule has 0 amide bonds. The van der Waals surface area contributed by atoms with E-state index in [1.807, 2.05) is 0 Å². The fourth-order valence-corrected chi connectivity index (χ4v) is 2.15. The molecule has 1 aromatic carbocycles. The average molecular weight is 381 g/mol. The van der Waals surface area contributed by atoms with Gasteiger partial charge in [-0.25, -0.2) is 0 Å². The van der Waals surface area contributed by atoms with Crippen molar-refractivity contribution in [1.29, 1.82) is 0 Å². The van der Waals surface area contributed by atoms with Crippen molar-refractivity contribution in [3.63, 3.8) is 0 Å². The zero-order valence-corrected chi connectivity index (χ0v) is 12.5. The van der Waals surface area contributed by atoms with Gasteiger partial charge in [0, 0.05) is 23.0 Å². The second-order valence-corrected chi connectivity index (χ2v) is 6.33. The molecule has 18 heavy (non-hydrogen) atoms. The van der Waals surface area contributed by atoms with Crippen molar-refractivity contribution in [2.45, 2.75) is 10.6 Å². The van der Waals surface area contributed by atoms with Gasteiger partial charge in [0.15, 0.2) is 6.29 Å². The largest absolute Gasteiger partial charge is 0.347 e. The van der Waals surface area contributed by atoms with Gasteiger partial charge in [0.1, 0.15) is 0 Å². The average Bonchev–Trinajstić information content (AvgIpc) is 2.40.